The van der Waals surface area contributed by atoms with E-state index in [0.717, 1.165) is 4.90 Å². The molecule has 1 fully saturated rings. The maximum absolute atomic E-state index is 9.13. The van der Waals surface area contributed by atoms with E-state index in [9.17, 15) is 0 Å². The molecule has 0 aliphatic carbocycles. The summed E-state index contributed by atoms with van der Waals surface area (Å²) in [4.78, 5) is 1.07. The number of hydrogen-bond acceptors (Lipinski definition) is 7. The fourth-order valence-electron chi connectivity index (χ4n) is 2.82. The van der Waals surface area contributed by atoms with E-state index >= 15 is 0 Å². The Morgan fingerprint density at radius 1 is 1.04 bits per heavy atom. The minimum Gasteiger partial charge on any atom is -0.394 e. The van der Waals surface area contributed by atoms with Crippen molar-refractivity contribution >= 4 is 11.8 Å². The lowest BCUT2D eigenvalue weighted by Gasteiger charge is -2.45. The first-order valence-electron chi connectivity index (χ1n) is 7.89. The van der Waals surface area contributed by atoms with Crippen molar-refractivity contribution in [3.05, 3.63) is 30.3 Å². The molecule has 1 N–H and O–H groups in total. The first kappa shape index (κ1) is 19.7. The monoisotopic (exact) mass is 358 g/mol. The van der Waals surface area contributed by atoms with Gasteiger partial charge < -0.3 is 28.8 Å². The second-order valence-corrected chi connectivity index (χ2v) is 6.56. The van der Waals surface area contributed by atoms with Crippen LogP contribution in [0.25, 0.3) is 0 Å². The highest BCUT2D eigenvalue weighted by molar-refractivity contribution is 7.99. The number of aliphatic hydroxyl groups is 1. The number of rotatable bonds is 9. The highest BCUT2D eigenvalue weighted by atomic mass is 32.2. The first-order chi connectivity index (χ1) is 11.7. The summed E-state index contributed by atoms with van der Waals surface area (Å²) in [7, 11) is 4.88. The maximum atomic E-state index is 9.13. The minimum absolute atomic E-state index is 0.0607. The molecular formula is C17H26O6S. The van der Waals surface area contributed by atoms with E-state index in [1.807, 2.05) is 30.3 Å². The molecule has 6 nitrogen and oxygen atoms in total. The normalized spacial score (nSPS) is 30.4. The van der Waals surface area contributed by atoms with Gasteiger partial charge in [0, 0.05) is 26.2 Å². The molecule has 1 heterocycles. The predicted octanol–water partition coefficient (Wildman–Crippen LogP) is 1.56. The van der Waals surface area contributed by atoms with Crippen molar-refractivity contribution in [2.24, 2.45) is 0 Å². The van der Waals surface area contributed by atoms with Crippen LogP contribution in [0.15, 0.2) is 35.2 Å². The molecule has 0 unspecified atom stereocenters. The van der Waals surface area contributed by atoms with E-state index in [4.69, 9.17) is 28.8 Å². The average Bonchev–Trinajstić information content (AvgIpc) is 2.61. The summed E-state index contributed by atoms with van der Waals surface area (Å²) in [6.45, 7) is 0.552. The summed E-state index contributed by atoms with van der Waals surface area (Å²) in [6.07, 6.45) is -1.27. The molecule has 1 aromatic carbocycles. The maximum Gasteiger partial charge on any atom is 0.137 e. The van der Waals surface area contributed by atoms with Crippen LogP contribution in [0.2, 0.25) is 0 Å². The summed E-state index contributed by atoms with van der Waals surface area (Å²) in [5.41, 5.74) is -0.296. The molecule has 0 bridgehead atoms. The Morgan fingerprint density at radius 3 is 2.33 bits per heavy atom. The largest absolute Gasteiger partial charge is 0.394 e. The van der Waals surface area contributed by atoms with Gasteiger partial charge in [-0.15, -0.1) is 0 Å². The van der Waals surface area contributed by atoms with Crippen LogP contribution in [-0.2, 0) is 23.7 Å². The lowest BCUT2D eigenvalue weighted by atomic mass is 9.99. The second kappa shape index (κ2) is 10.4. The van der Waals surface area contributed by atoms with E-state index in [1.165, 1.54) is 0 Å². The van der Waals surface area contributed by atoms with E-state index in [1.54, 1.807) is 33.1 Å². The van der Waals surface area contributed by atoms with Crippen LogP contribution in [-0.4, -0.2) is 76.1 Å². The molecule has 2 rings (SSSR count). The van der Waals surface area contributed by atoms with E-state index < -0.39 is 0 Å². The third-order valence-corrected chi connectivity index (χ3v) is 5.02. The van der Waals surface area contributed by atoms with E-state index in [2.05, 4.69) is 0 Å². The van der Waals surface area contributed by atoms with Gasteiger partial charge in [-0.3, -0.25) is 0 Å². The Hall–Kier alpha value is -0.670. The van der Waals surface area contributed by atoms with Crippen molar-refractivity contribution in [3.8, 4) is 0 Å². The van der Waals surface area contributed by atoms with Crippen molar-refractivity contribution in [1.29, 1.82) is 0 Å². The number of aliphatic hydroxyl groups excluding tert-OH is 1. The van der Waals surface area contributed by atoms with Crippen molar-refractivity contribution in [2.75, 3.05) is 41.2 Å². The highest BCUT2D eigenvalue weighted by Gasteiger charge is 2.47. The minimum atomic E-state index is -0.370. The average molecular weight is 358 g/mol. The SMILES string of the molecule is COC[C@H]1O[C@H](Sc2ccccc2)[C@H](OCCO)[C@@H](OC)[C@@H]1OC. The van der Waals surface area contributed by atoms with Gasteiger partial charge >= 0.3 is 0 Å². The Bertz CT molecular complexity index is 460. The smallest absolute Gasteiger partial charge is 0.137 e. The summed E-state index contributed by atoms with van der Waals surface area (Å²) in [5.74, 6) is 0. The molecule has 1 aromatic rings. The first-order valence-corrected chi connectivity index (χ1v) is 8.77. The van der Waals surface area contributed by atoms with Crippen LogP contribution >= 0.6 is 11.8 Å². The molecule has 7 heteroatoms. The second-order valence-electron chi connectivity index (χ2n) is 5.39. The number of thioether (sulfide) groups is 1. The summed E-state index contributed by atoms with van der Waals surface area (Å²) >= 11 is 1.56. The standard InChI is InChI=1S/C17H26O6S/c1-19-11-13-14(20-2)15(21-3)16(22-10-9-18)17(23-13)24-12-7-5-4-6-8-12/h4-8,13-18H,9-11H2,1-3H3/t13-,14-,15+,16-,17-/m1/s1. The predicted molar refractivity (Wildman–Crippen MR) is 91.3 cm³/mol. The Labute approximate surface area is 147 Å². The van der Waals surface area contributed by atoms with E-state index in [-0.39, 0.29) is 43.1 Å². The quantitative estimate of drug-likeness (QED) is 0.718. The Morgan fingerprint density at radius 2 is 1.75 bits per heavy atom. The van der Waals surface area contributed by atoms with Crippen molar-refractivity contribution < 1.29 is 28.8 Å². The van der Waals surface area contributed by atoms with Gasteiger partial charge in [-0.25, -0.2) is 0 Å². The van der Waals surface area contributed by atoms with Crippen molar-refractivity contribution in [2.45, 2.75) is 34.7 Å². The van der Waals surface area contributed by atoms with Gasteiger partial charge in [-0.2, -0.15) is 0 Å². The zero-order valence-corrected chi connectivity index (χ0v) is 15.1. The number of methoxy groups -OCH3 is 3. The van der Waals surface area contributed by atoms with Crippen LogP contribution in [0.3, 0.4) is 0 Å². The zero-order valence-electron chi connectivity index (χ0n) is 14.3. The molecule has 136 valence electrons. The third kappa shape index (κ3) is 4.92. The summed E-state index contributed by atoms with van der Waals surface area (Å²) < 4.78 is 28.6. The van der Waals surface area contributed by atoms with Crippen LogP contribution in [0, 0.1) is 0 Å². The topological polar surface area (TPSA) is 66.4 Å². The fraction of sp³-hybridized carbons (Fsp3) is 0.647. The van der Waals surface area contributed by atoms with Crippen molar-refractivity contribution in [3.63, 3.8) is 0 Å². The molecule has 0 spiro atoms. The highest BCUT2D eigenvalue weighted by Crippen LogP contribution is 2.36. The molecule has 5 atom stereocenters. The van der Waals surface area contributed by atoms with Gasteiger partial charge in [0.1, 0.15) is 29.9 Å². The van der Waals surface area contributed by atoms with Crippen molar-refractivity contribution in [1.82, 2.24) is 0 Å². The molecule has 0 amide bonds. The van der Waals surface area contributed by atoms with Gasteiger partial charge in [-0.05, 0) is 12.1 Å². The lowest BCUT2D eigenvalue weighted by molar-refractivity contribution is -0.235. The summed E-state index contributed by atoms with van der Waals surface area (Å²) in [5, 5.41) is 9.13. The molecule has 0 radical (unpaired) electrons. The van der Waals surface area contributed by atoms with Crippen LogP contribution in [0.4, 0.5) is 0 Å². The van der Waals surface area contributed by atoms with Gasteiger partial charge in [0.2, 0.25) is 0 Å². The molecular weight excluding hydrogens is 332 g/mol. The lowest BCUT2D eigenvalue weighted by Crippen LogP contribution is -2.60. The van der Waals surface area contributed by atoms with E-state index in [0.29, 0.717) is 6.61 Å². The molecule has 0 saturated carbocycles. The van der Waals surface area contributed by atoms with Crippen LogP contribution < -0.4 is 0 Å². The number of hydrogen-bond donors (Lipinski definition) is 1. The van der Waals surface area contributed by atoms with Gasteiger partial charge in [0.25, 0.3) is 0 Å². The number of benzene rings is 1. The Kier molecular flexibility index (Phi) is 8.48. The van der Waals surface area contributed by atoms with Gasteiger partial charge in [0.05, 0.1) is 19.8 Å². The molecule has 1 saturated heterocycles. The van der Waals surface area contributed by atoms with Gasteiger partial charge in [-0.1, -0.05) is 30.0 Å². The third-order valence-electron chi connectivity index (χ3n) is 3.86. The number of ether oxygens (including phenoxy) is 5. The Balaban J connectivity index is 2.21. The zero-order chi connectivity index (χ0) is 17.4. The fourth-order valence-corrected chi connectivity index (χ4v) is 3.97. The van der Waals surface area contributed by atoms with Crippen LogP contribution in [0.1, 0.15) is 0 Å². The van der Waals surface area contributed by atoms with Gasteiger partial charge in [0.15, 0.2) is 0 Å². The molecule has 1 aliphatic rings. The molecule has 24 heavy (non-hydrogen) atoms. The summed E-state index contributed by atoms with van der Waals surface area (Å²) in [6, 6.07) is 9.97. The molecule has 1 aliphatic heterocycles. The molecule has 0 aromatic heterocycles. The van der Waals surface area contributed by atoms with Crippen LogP contribution in [0.5, 0.6) is 0 Å².